The van der Waals surface area contributed by atoms with E-state index in [9.17, 15) is 4.79 Å². The summed E-state index contributed by atoms with van der Waals surface area (Å²) in [6, 6.07) is 3.90. The minimum Gasteiger partial charge on any atom is -0.338 e. The first kappa shape index (κ1) is 13.0. The molecule has 0 aliphatic heterocycles. The first-order valence-electron chi connectivity index (χ1n) is 7.10. The largest absolute Gasteiger partial charge is 0.338 e. The molecule has 3 rings (SSSR count). The van der Waals surface area contributed by atoms with Gasteiger partial charge in [-0.15, -0.1) is 0 Å². The summed E-state index contributed by atoms with van der Waals surface area (Å²) in [6.07, 6.45) is 6.01. The Bertz CT molecular complexity index is 621. The average molecular weight is 271 g/mol. The number of Topliss-reactive ketones (excluding diaryl/α,β-unsaturated/α-hetero) is 1. The van der Waals surface area contributed by atoms with Crippen LogP contribution in [0.4, 0.5) is 0 Å². The molecule has 1 fully saturated rings. The zero-order valence-electron chi connectivity index (χ0n) is 11.5. The number of hydrogen-bond donors (Lipinski definition) is 0. The first-order valence-corrected chi connectivity index (χ1v) is 7.10. The van der Waals surface area contributed by atoms with Gasteiger partial charge in [0, 0.05) is 12.6 Å². The normalized spacial score (nSPS) is 19.2. The summed E-state index contributed by atoms with van der Waals surface area (Å²) in [5, 5.41) is 4.00. The summed E-state index contributed by atoms with van der Waals surface area (Å²) >= 11 is 0. The molecule has 0 aromatic carbocycles. The van der Waals surface area contributed by atoms with Crippen molar-refractivity contribution >= 4 is 5.78 Å². The molecule has 0 radical (unpaired) electrons. The SMILES string of the molecule is CCc1cccnc1-c1noc(C2CCCCC2=O)n1. The van der Waals surface area contributed by atoms with E-state index >= 15 is 0 Å². The standard InChI is InChI=1S/C15H17N3O2/c1-2-10-6-5-9-16-13(10)14-17-15(20-18-14)11-7-3-4-8-12(11)19/h5-6,9,11H,2-4,7-8H2,1H3. The number of nitrogens with zero attached hydrogens (tertiary/aromatic N) is 3. The van der Waals surface area contributed by atoms with Crippen molar-refractivity contribution in [3.05, 3.63) is 29.8 Å². The van der Waals surface area contributed by atoms with Crippen LogP contribution in [0.25, 0.3) is 11.5 Å². The molecule has 104 valence electrons. The lowest BCUT2D eigenvalue weighted by molar-refractivity contribution is -0.122. The van der Waals surface area contributed by atoms with Gasteiger partial charge in [-0.1, -0.05) is 24.6 Å². The third-order valence-electron chi connectivity index (χ3n) is 3.78. The van der Waals surface area contributed by atoms with Gasteiger partial charge in [0.25, 0.3) is 0 Å². The van der Waals surface area contributed by atoms with Crippen molar-refractivity contribution in [2.75, 3.05) is 0 Å². The predicted octanol–water partition coefficient (Wildman–Crippen LogP) is 2.92. The van der Waals surface area contributed by atoms with Crippen LogP contribution in [-0.2, 0) is 11.2 Å². The number of carbonyl (C=O) groups excluding carboxylic acids is 1. The summed E-state index contributed by atoms with van der Waals surface area (Å²) in [7, 11) is 0. The summed E-state index contributed by atoms with van der Waals surface area (Å²) in [5.74, 6) is 0.912. The zero-order valence-corrected chi connectivity index (χ0v) is 11.5. The van der Waals surface area contributed by atoms with Gasteiger partial charge in [0.2, 0.25) is 11.7 Å². The lowest BCUT2D eigenvalue weighted by atomic mass is 9.88. The molecule has 2 aromatic rings. The number of aryl methyl sites for hydroxylation is 1. The van der Waals surface area contributed by atoms with Crippen LogP contribution >= 0.6 is 0 Å². The molecule has 20 heavy (non-hydrogen) atoms. The number of carbonyl (C=O) groups is 1. The highest BCUT2D eigenvalue weighted by Crippen LogP contribution is 2.30. The third-order valence-corrected chi connectivity index (χ3v) is 3.78. The molecular weight excluding hydrogens is 254 g/mol. The van der Waals surface area contributed by atoms with Crippen LogP contribution in [-0.4, -0.2) is 20.9 Å². The van der Waals surface area contributed by atoms with Crippen molar-refractivity contribution in [2.24, 2.45) is 0 Å². The highest BCUT2D eigenvalue weighted by atomic mass is 16.5. The zero-order chi connectivity index (χ0) is 13.9. The molecule has 0 amide bonds. The highest BCUT2D eigenvalue weighted by Gasteiger charge is 2.29. The van der Waals surface area contributed by atoms with E-state index in [1.807, 2.05) is 12.1 Å². The van der Waals surface area contributed by atoms with Gasteiger partial charge < -0.3 is 4.52 Å². The van der Waals surface area contributed by atoms with Crippen molar-refractivity contribution in [1.82, 2.24) is 15.1 Å². The Kier molecular flexibility index (Phi) is 3.58. The van der Waals surface area contributed by atoms with Crippen molar-refractivity contribution < 1.29 is 9.32 Å². The van der Waals surface area contributed by atoms with E-state index in [2.05, 4.69) is 22.0 Å². The van der Waals surface area contributed by atoms with E-state index in [4.69, 9.17) is 4.52 Å². The monoisotopic (exact) mass is 271 g/mol. The minimum atomic E-state index is -0.223. The van der Waals surface area contributed by atoms with Crippen molar-refractivity contribution in [3.8, 4) is 11.5 Å². The van der Waals surface area contributed by atoms with Gasteiger partial charge in [0.15, 0.2) is 0 Å². The maximum absolute atomic E-state index is 11.9. The lowest BCUT2D eigenvalue weighted by Crippen LogP contribution is -2.17. The molecule has 5 heteroatoms. The molecule has 1 atom stereocenters. The molecule has 0 bridgehead atoms. The maximum Gasteiger partial charge on any atom is 0.237 e. The Morgan fingerprint density at radius 3 is 3.10 bits per heavy atom. The quantitative estimate of drug-likeness (QED) is 0.858. The molecule has 0 N–H and O–H groups in total. The summed E-state index contributed by atoms with van der Waals surface area (Å²) < 4.78 is 5.31. The van der Waals surface area contributed by atoms with Gasteiger partial charge in [0.1, 0.15) is 11.5 Å². The molecule has 1 aliphatic carbocycles. The number of ketones is 1. The van der Waals surface area contributed by atoms with Crippen LogP contribution in [0.3, 0.4) is 0 Å². The Hall–Kier alpha value is -2.04. The second kappa shape index (κ2) is 5.53. The molecule has 0 saturated heterocycles. The van der Waals surface area contributed by atoms with Gasteiger partial charge in [0.05, 0.1) is 5.92 Å². The van der Waals surface area contributed by atoms with Crippen LogP contribution in [0.15, 0.2) is 22.9 Å². The van der Waals surface area contributed by atoms with Gasteiger partial charge in [-0.25, -0.2) is 0 Å². The van der Waals surface area contributed by atoms with Crippen LogP contribution in [0.1, 0.15) is 50.0 Å². The third kappa shape index (κ3) is 2.35. The smallest absolute Gasteiger partial charge is 0.237 e. The van der Waals surface area contributed by atoms with E-state index in [0.29, 0.717) is 18.1 Å². The molecule has 1 unspecified atom stereocenters. The average Bonchev–Trinajstić information content (AvgIpc) is 2.97. The fourth-order valence-corrected chi connectivity index (χ4v) is 2.64. The summed E-state index contributed by atoms with van der Waals surface area (Å²) in [6.45, 7) is 2.06. The van der Waals surface area contributed by atoms with E-state index < -0.39 is 0 Å². The second-order valence-corrected chi connectivity index (χ2v) is 5.09. The molecule has 5 nitrogen and oxygen atoms in total. The van der Waals surface area contributed by atoms with E-state index in [-0.39, 0.29) is 11.7 Å². The lowest BCUT2D eigenvalue weighted by Gasteiger charge is -2.16. The molecule has 2 heterocycles. The fraction of sp³-hybridized carbons (Fsp3) is 0.467. The van der Waals surface area contributed by atoms with Crippen LogP contribution in [0.2, 0.25) is 0 Å². The second-order valence-electron chi connectivity index (χ2n) is 5.09. The van der Waals surface area contributed by atoms with Crippen molar-refractivity contribution in [1.29, 1.82) is 0 Å². The minimum absolute atomic E-state index is 0.211. The Morgan fingerprint density at radius 2 is 2.30 bits per heavy atom. The Labute approximate surface area is 117 Å². The van der Waals surface area contributed by atoms with Gasteiger partial charge in [-0.3, -0.25) is 9.78 Å². The first-order chi connectivity index (χ1) is 9.79. The summed E-state index contributed by atoms with van der Waals surface area (Å²) in [4.78, 5) is 20.6. The maximum atomic E-state index is 11.9. The molecule has 2 aromatic heterocycles. The van der Waals surface area contributed by atoms with E-state index in [0.717, 1.165) is 36.9 Å². The number of rotatable bonds is 3. The number of hydrogen-bond acceptors (Lipinski definition) is 5. The van der Waals surface area contributed by atoms with Crippen LogP contribution in [0, 0.1) is 0 Å². The van der Waals surface area contributed by atoms with Gasteiger partial charge in [-0.05, 0) is 30.9 Å². The fourth-order valence-electron chi connectivity index (χ4n) is 2.64. The van der Waals surface area contributed by atoms with E-state index in [1.165, 1.54) is 0 Å². The molecule has 1 aliphatic rings. The topological polar surface area (TPSA) is 68.9 Å². The summed E-state index contributed by atoms with van der Waals surface area (Å²) in [5.41, 5.74) is 1.82. The van der Waals surface area contributed by atoms with Crippen molar-refractivity contribution in [2.45, 2.75) is 44.9 Å². The number of aromatic nitrogens is 3. The predicted molar refractivity (Wildman–Crippen MR) is 73.1 cm³/mol. The van der Waals surface area contributed by atoms with Crippen LogP contribution in [0.5, 0.6) is 0 Å². The van der Waals surface area contributed by atoms with Gasteiger partial charge >= 0.3 is 0 Å². The molecular formula is C15H17N3O2. The molecule has 1 saturated carbocycles. The van der Waals surface area contributed by atoms with Crippen LogP contribution < -0.4 is 0 Å². The van der Waals surface area contributed by atoms with E-state index in [1.54, 1.807) is 6.20 Å². The Morgan fingerprint density at radius 1 is 1.40 bits per heavy atom. The van der Waals surface area contributed by atoms with Crippen molar-refractivity contribution in [3.63, 3.8) is 0 Å². The van der Waals surface area contributed by atoms with Gasteiger partial charge in [-0.2, -0.15) is 4.98 Å². The number of pyridine rings is 1. The Balaban J connectivity index is 1.92. The highest BCUT2D eigenvalue weighted by molar-refractivity contribution is 5.85. The molecule has 0 spiro atoms.